The molecular formula is C85H52N2O2. The lowest BCUT2D eigenvalue weighted by Crippen LogP contribution is -2.25. The van der Waals surface area contributed by atoms with E-state index in [4.69, 9.17) is 8.83 Å². The molecule has 4 heteroatoms. The maximum Gasteiger partial charge on any atom is 0.159 e. The van der Waals surface area contributed by atoms with Gasteiger partial charge in [-0.25, -0.2) is 0 Å². The molecule has 2 aliphatic rings. The predicted octanol–water partition coefficient (Wildman–Crippen LogP) is 23.6. The number of nitrogens with zero attached hydrogens (tertiary/aromatic N) is 2. The Labute approximate surface area is 513 Å². The maximum atomic E-state index is 6.63. The number of furan rings is 2. The van der Waals surface area contributed by atoms with E-state index >= 15 is 0 Å². The van der Waals surface area contributed by atoms with Gasteiger partial charge in [-0.15, -0.1) is 0 Å². The largest absolute Gasteiger partial charge is 0.454 e. The van der Waals surface area contributed by atoms with Crippen molar-refractivity contribution in [1.82, 2.24) is 0 Å². The third kappa shape index (κ3) is 7.35. The summed E-state index contributed by atoms with van der Waals surface area (Å²) in [6.07, 6.45) is 0. The lowest BCUT2D eigenvalue weighted by atomic mass is 9.70. The second kappa shape index (κ2) is 19.1. The smallest absolute Gasteiger partial charge is 0.159 e. The molecule has 0 bridgehead atoms. The van der Waals surface area contributed by atoms with E-state index in [2.05, 4.69) is 313 Å². The highest BCUT2D eigenvalue weighted by Crippen LogP contribution is 2.65. The van der Waals surface area contributed by atoms with E-state index in [1.165, 1.54) is 88.0 Å². The van der Waals surface area contributed by atoms with E-state index in [0.717, 1.165) is 89.1 Å². The summed E-state index contributed by atoms with van der Waals surface area (Å²) in [6, 6.07) is 116. The fourth-order valence-electron chi connectivity index (χ4n) is 15.2. The maximum absolute atomic E-state index is 6.63. The monoisotopic (exact) mass is 1130 g/mol. The third-order valence-corrected chi connectivity index (χ3v) is 19.2. The summed E-state index contributed by atoms with van der Waals surface area (Å²) in [5, 5.41) is 11.8. The Morgan fingerprint density at radius 2 is 0.663 bits per heavy atom. The molecule has 0 N–H and O–H groups in total. The van der Waals surface area contributed by atoms with Gasteiger partial charge in [0.2, 0.25) is 0 Å². The number of benzene rings is 15. The minimum absolute atomic E-state index is 0.578. The molecule has 0 aliphatic heterocycles. The van der Waals surface area contributed by atoms with Crippen LogP contribution >= 0.6 is 0 Å². The van der Waals surface area contributed by atoms with Gasteiger partial charge in [0.1, 0.15) is 11.2 Å². The molecule has 0 amide bonds. The molecule has 2 aromatic heterocycles. The molecule has 4 nitrogen and oxygen atoms in total. The van der Waals surface area contributed by atoms with Crippen molar-refractivity contribution in [1.29, 1.82) is 0 Å². The highest BCUT2D eigenvalue weighted by atomic mass is 16.3. The van der Waals surface area contributed by atoms with Gasteiger partial charge in [0.15, 0.2) is 11.2 Å². The van der Waals surface area contributed by atoms with Gasteiger partial charge < -0.3 is 18.6 Å². The molecule has 2 aliphatic carbocycles. The fourth-order valence-corrected chi connectivity index (χ4v) is 15.2. The van der Waals surface area contributed by atoms with Crippen LogP contribution in [0.5, 0.6) is 0 Å². The van der Waals surface area contributed by atoms with Crippen LogP contribution in [-0.4, -0.2) is 0 Å². The average molecular weight is 1130 g/mol. The number of hydrogen-bond donors (Lipinski definition) is 0. The first kappa shape index (κ1) is 49.5. The van der Waals surface area contributed by atoms with E-state index in [1.54, 1.807) is 0 Å². The van der Waals surface area contributed by atoms with Crippen molar-refractivity contribution in [2.45, 2.75) is 5.41 Å². The van der Waals surface area contributed by atoms with Crippen molar-refractivity contribution in [2.24, 2.45) is 0 Å². The molecule has 15 aromatic carbocycles. The summed E-state index contributed by atoms with van der Waals surface area (Å²) in [5.41, 5.74) is 24.2. The molecule has 19 rings (SSSR count). The molecule has 414 valence electrons. The van der Waals surface area contributed by atoms with Crippen LogP contribution in [-0.2, 0) is 5.41 Å². The average Bonchev–Trinajstić information content (AvgIpc) is 1.50. The number of fused-ring (bicyclic) bond motifs is 20. The molecule has 17 aromatic rings. The summed E-state index contributed by atoms with van der Waals surface area (Å²) in [6.45, 7) is 0. The fraction of sp³-hybridized carbons (Fsp3) is 0.0118. The van der Waals surface area contributed by atoms with Gasteiger partial charge >= 0.3 is 0 Å². The van der Waals surface area contributed by atoms with Crippen LogP contribution in [0.3, 0.4) is 0 Å². The normalized spacial score (nSPS) is 12.8. The van der Waals surface area contributed by atoms with Crippen LogP contribution in [0.2, 0.25) is 0 Å². The lowest BCUT2D eigenvalue weighted by molar-refractivity contribution is 0.668. The van der Waals surface area contributed by atoms with Crippen LogP contribution in [0, 0.1) is 0 Å². The lowest BCUT2D eigenvalue weighted by Gasteiger charge is -2.31. The molecule has 0 unspecified atom stereocenters. The van der Waals surface area contributed by atoms with Gasteiger partial charge in [-0.2, -0.15) is 0 Å². The Morgan fingerprint density at radius 1 is 0.236 bits per heavy atom. The summed E-state index contributed by atoms with van der Waals surface area (Å²) in [4.78, 5) is 4.62. The van der Waals surface area contributed by atoms with E-state index in [-0.39, 0.29) is 0 Å². The minimum Gasteiger partial charge on any atom is -0.454 e. The Kier molecular flexibility index (Phi) is 10.7. The zero-order valence-electron chi connectivity index (χ0n) is 48.2. The van der Waals surface area contributed by atoms with Crippen molar-refractivity contribution in [3.05, 3.63) is 338 Å². The zero-order chi connectivity index (χ0) is 58.3. The van der Waals surface area contributed by atoms with Gasteiger partial charge in [-0.1, -0.05) is 206 Å². The van der Waals surface area contributed by atoms with Crippen molar-refractivity contribution < 1.29 is 8.83 Å². The Morgan fingerprint density at radius 3 is 1.20 bits per heavy atom. The van der Waals surface area contributed by atoms with E-state index in [1.807, 2.05) is 12.1 Å². The van der Waals surface area contributed by atoms with Crippen molar-refractivity contribution >= 4 is 110 Å². The molecule has 0 radical (unpaired) electrons. The summed E-state index contributed by atoms with van der Waals surface area (Å²) < 4.78 is 13.3. The minimum atomic E-state index is -0.578. The van der Waals surface area contributed by atoms with Crippen molar-refractivity contribution in [2.75, 3.05) is 9.80 Å². The Hall–Kier alpha value is -11.7. The standard InChI is InChI=1S/C85H52N2O2/c1-3-18-62(19-4-1)86(78-29-15-26-69-67-23-10-13-31-80(67)88-83(69)78)64-42-37-53(38-43-64)56-33-35-58-49-72-73-50-59-36-34-57(54-39-44-65(45-40-54)87(63-20-5-2-6-21-63)79-30-16-27-70-68-24-11-14-32-81(68)89-84(70)79)48-61(59)52-77(73)85(76(72)51-60(58)47-56)74-28-12-9-25-71(74)82-66-22-8-7-17-55(66)41-46-75(82)85/h1-52H. The predicted molar refractivity (Wildman–Crippen MR) is 370 cm³/mol. The SMILES string of the molecule is c1ccc(N(c2ccc(-c3ccc4cc5c(cc4c3)C3(c4cc6cc(-c7ccc(N(c8ccccc8)c8cccc9c8oc8ccccc89)cc7)ccc6cc4-5)c4ccccc4-c4c3ccc3ccccc43)cc2)c2cccc3c2oc2ccccc23)cc1. The molecule has 0 fully saturated rings. The van der Waals surface area contributed by atoms with Crippen LogP contribution in [0.1, 0.15) is 22.3 Å². The van der Waals surface area contributed by atoms with Gasteiger partial charge in [0, 0.05) is 44.3 Å². The molecule has 89 heavy (non-hydrogen) atoms. The van der Waals surface area contributed by atoms with Gasteiger partial charge in [0.25, 0.3) is 0 Å². The quantitative estimate of drug-likeness (QED) is 0.152. The van der Waals surface area contributed by atoms with E-state index in [9.17, 15) is 0 Å². The number of para-hydroxylation sites is 6. The molecular weight excluding hydrogens is 1080 g/mol. The first-order valence-electron chi connectivity index (χ1n) is 30.6. The highest BCUT2D eigenvalue weighted by Gasteiger charge is 2.52. The van der Waals surface area contributed by atoms with Gasteiger partial charge in [-0.3, -0.25) is 0 Å². The molecule has 0 atom stereocenters. The first-order valence-corrected chi connectivity index (χ1v) is 30.6. The Balaban J connectivity index is 0.737. The Bertz CT molecular complexity index is 5450. The van der Waals surface area contributed by atoms with Crippen LogP contribution in [0.25, 0.3) is 121 Å². The van der Waals surface area contributed by atoms with Gasteiger partial charge in [0.05, 0.1) is 16.8 Å². The number of hydrogen-bond acceptors (Lipinski definition) is 4. The summed E-state index contributed by atoms with van der Waals surface area (Å²) in [5.74, 6) is 0. The number of rotatable bonds is 8. The molecule has 2 heterocycles. The van der Waals surface area contributed by atoms with Gasteiger partial charge in [-0.05, 0) is 208 Å². The summed E-state index contributed by atoms with van der Waals surface area (Å²) >= 11 is 0. The van der Waals surface area contributed by atoms with E-state index in [0.29, 0.717) is 0 Å². The summed E-state index contributed by atoms with van der Waals surface area (Å²) in [7, 11) is 0. The molecule has 0 saturated carbocycles. The number of anilines is 6. The van der Waals surface area contributed by atoms with Crippen LogP contribution in [0.4, 0.5) is 34.1 Å². The van der Waals surface area contributed by atoms with Crippen LogP contribution < -0.4 is 9.80 Å². The highest BCUT2D eigenvalue weighted by molar-refractivity contribution is 6.13. The third-order valence-electron chi connectivity index (χ3n) is 19.2. The van der Waals surface area contributed by atoms with Crippen molar-refractivity contribution in [3.63, 3.8) is 0 Å². The zero-order valence-corrected chi connectivity index (χ0v) is 48.2. The second-order valence-electron chi connectivity index (χ2n) is 23.9. The van der Waals surface area contributed by atoms with Crippen molar-refractivity contribution in [3.8, 4) is 44.5 Å². The topological polar surface area (TPSA) is 32.8 Å². The first-order chi connectivity index (χ1) is 44.1. The van der Waals surface area contributed by atoms with E-state index < -0.39 is 5.41 Å². The molecule has 1 spiro atoms. The van der Waals surface area contributed by atoms with Crippen LogP contribution in [0.15, 0.2) is 324 Å². The molecule has 0 saturated heterocycles. The second-order valence-corrected chi connectivity index (χ2v) is 23.9.